The Kier molecular flexibility index (Phi) is 6.40. The van der Waals surface area contributed by atoms with Crippen molar-refractivity contribution in [2.75, 3.05) is 18.5 Å². The lowest BCUT2D eigenvalue weighted by atomic mass is 10.3. The fourth-order valence-corrected chi connectivity index (χ4v) is 1.98. The van der Waals surface area contributed by atoms with Crippen LogP contribution in [0.15, 0.2) is 42.5 Å². The number of halogens is 3. The molecular formula is C16H12Cl2FNO4. The van der Waals surface area contributed by atoms with E-state index in [0.717, 1.165) is 0 Å². The number of ether oxygens (including phenoxy) is 2. The number of esters is 1. The summed E-state index contributed by atoms with van der Waals surface area (Å²) in [5, 5.41) is 3.18. The van der Waals surface area contributed by atoms with Gasteiger partial charge in [0.25, 0.3) is 5.91 Å². The summed E-state index contributed by atoms with van der Waals surface area (Å²) in [6.07, 6.45) is 0. The first kappa shape index (κ1) is 18.0. The minimum Gasteiger partial charge on any atom is -0.482 e. The fourth-order valence-electron chi connectivity index (χ4n) is 1.64. The van der Waals surface area contributed by atoms with E-state index in [4.69, 9.17) is 32.7 Å². The molecule has 1 amide bonds. The number of hydrogen-bond donors (Lipinski definition) is 1. The van der Waals surface area contributed by atoms with Gasteiger partial charge in [0.1, 0.15) is 11.6 Å². The van der Waals surface area contributed by atoms with E-state index in [9.17, 15) is 14.0 Å². The zero-order valence-corrected chi connectivity index (χ0v) is 13.7. The Labute approximate surface area is 147 Å². The third-order valence-electron chi connectivity index (χ3n) is 2.74. The van der Waals surface area contributed by atoms with Gasteiger partial charge in [0.15, 0.2) is 13.2 Å². The van der Waals surface area contributed by atoms with Gasteiger partial charge in [0.05, 0.1) is 10.7 Å². The molecule has 0 aliphatic rings. The second kappa shape index (κ2) is 8.52. The Morgan fingerprint density at radius 2 is 1.75 bits per heavy atom. The molecule has 2 aromatic carbocycles. The smallest absolute Gasteiger partial charge is 0.344 e. The molecule has 0 unspecified atom stereocenters. The van der Waals surface area contributed by atoms with Gasteiger partial charge in [0.2, 0.25) is 0 Å². The van der Waals surface area contributed by atoms with Gasteiger partial charge in [-0.2, -0.15) is 0 Å². The largest absolute Gasteiger partial charge is 0.482 e. The Balaban J connectivity index is 1.75. The highest BCUT2D eigenvalue weighted by Gasteiger charge is 2.11. The molecule has 0 saturated carbocycles. The Morgan fingerprint density at radius 1 is 1.04 bits per heavy atom. The second-order valence-corrected chi connectivity index (χ2v) is 5.42. The van der Waals surface area contributed by atoms with E-state index in [0.29, 0.717) is 21.5 Å². The van der Waals surface area contributed by atoms with E-state index in [-0.39, 0.29) is 0 Å². The molecule has 0 aromatic heterocycles. The highest BCUT2D eigenvalue weighted by molar-refractivity contribution is 6.35. The molecule has 0 spiro atoms. The molecule has 1 N–H and O–H groups in total. The first-order chi connectivity index (χ1) is 11.4. The summed E-state index contributed by atoms with van der Waals surface area (Å²) < 4.78 is 22.6. The highest BCUT2D eigenvalue weighted by Crippen LogP contribution is 2.25. The molecule has 0 aliphatic carbocycles. The number of nitrogens with one attached hydrogen (secondary N) is 1. The van der Waals surface area contributed by atoms with Crippen molar-refractivity contribution in [1.29, 1.82) is 0 Å². The van der Waals surface area contributed by atoms with Gasteiger partial charge in [-0.05, 0) is 42.5 Å². The third kappa shape index (κ3) is 5.72. The van der Waals surface area contributed by atoms with E-state index in [2.05, 4.69) is 5.32 Å². The van der Waals surface area contributed by atoms with Crippen molar-refractivity contribution in [2.45, 2.75) is 0 Å². The van der Waals surface area contributed by atoms with Gasteiger partial charge in [-0.1, -0.05) is 23.2 Å². The number of rotatable bonds is 6. The Morgan fingerprint density at radius 3 is 2.46 bits per heavy atom. The van der Waals surface area contributed by atoms with Crippen LogP contribution in [0.2, 0.25) is 10.0 Å². The van der Waals surface area contributed by atoms with Crippen molar-refractivity contribution >= 4 is 40.8 Å². The number of carbonyl (C=O) groups is 2. The summed E-state index contributed by atoms with van der Waals surface area (Å²) >= 11 is 11.7. The van der Waals surface area contributed by atoms with E-state index < -0.39 is 30.9 Å². The maximum absolute atomic E-state index is 12.7. The number of amides is 1. The van der Waals surface area contributed by atoms with Crippen molar-refractivity contribution in [2.24, 2.45) is 0 Å². The molecule has 126 valence electrons. The first-order valence-electron chi connectivity index (χ1n) is 6.73. The number of anilines is 1. The van der Waals surface area contributed by atoms with Crippen molar-refractivity contribution in [3.8, 4) is 5.75 Å². The minimum atomic E-state index is -0.744. The summed E-state index contributed by atoms with van der Waals surface area (Å²) in [6.45, 7) is -0.911. The Hall–Kier alpha value is -2.31. The topological polar surface area (TPSA) is 64.6 Å². The van der Waals surface area contributed by atoms with Crippen LogP contribution in [0, 0.1) is 5.82 Å². The molecule has 0 aliphatic heterocycles. The maximum Gasteiger partial charge on any atom is 0.344 e. The lowest BCUT2D eigenvalue weighted by Crippen LogP contribution is -2.23. The van der Waals surface area contributed by atoms with Crippen LogP contribution in [-0.2, 0) is 14.3 Å². The van der Waals surface area contributed by atoms with Crippen LogP contribution < -0.4 is 10.1 Å². The SMILES string of the molecule is O=C(COC(=O)COc1ccc(F)cc1)Nc1cc(Cl)ccc1Cl. The molecule has 0 saturated heterocycles. The molecule has 2 aromatic rings. The van der Waals surface area contributed by atoms with Crippen molar-refractivity contribution in [3.63, 3.8) is 0 Å². The van der Waals surface area contributed by atoms with Gasteiger partial charge in [0, 0.05) is 5.02 Å². The zero-order chi connectivity index (χ0) is 17.5. The molecule has 5 nitrogen and oxygen atoms in total. The van der Waals surface area contributed by atoms with Crippen LogP contribution in [-0.4, -0.2) is 25.1 Å². The fraction of sp³-hybridized carbons (Fsp3) is 0.125. The lowest BCUT2D eigenvalue weighted by molar-refractivity contribution is -0.149. The van der Waals surface area contributed by atoms with Crippen LogP contribution >= 0.6 is 23.2 Å². The Bertz CT molecular complexity index is 737. The minimum absolute atomic E-state index is 0.304. The lowest BCUT2D eigenvalue weighted by Gasteiger charge is -2.09. The van der Waals surface area contributed by atoms with E-state index in [1.54, 1.807) is 6.07 Å². The molecular weight excluding hydrogens is 360 g/mol. The van der Waals surface area contributed by atoms with E-state index in [1.165, 1.54) is 36.4 Å². The predicted octanol–water partition coefficient (Wildman–Crippen LogP) is 3.69. The molecule has 2 rings (SSSR count). The van der Waals surface area contributed by atoms with Gasteiger partial charge in [-0.25, -0.2) is 9.18 Å². The third-order valence-corrected chi connectivity index (χ3v) is 3.30. The van der Waals surface area contributed by atoms with Crippen LogP contribution in [0.3, 0.4) is 0 Å². The van der Waals surface area contributed by atoms with Gasteiger partial charge in [-0.15, -0.1) is 0 Å². The predicted molar refractivity (Wildman–Crippen MR) is 87.9 cm³/mol. The highest BCUT2D eigenvalue weighted by atomic mass is 35.5. The zero-order valence-electron chi connectivity index (χ0n) is 12.2. The summed E-state index contributed by atoms with van der Waals surface area (Å²) in [6, 6.07) is 9.72. The van der Waals surface area contributed by atoms with Gasteiger partial charge < -0.3 is 14.8 Å². The molecule has 8 heteroatoms. The standard InChI is InChI=1S/C16H12Cl2FNO4/c17-10-1-6-13(18)14(7-10)20-15(21)8-24-16(22)9-23-12-4-2-11(19)3-5-12/h1-7H,8-9H2,(H,20,21). The normalized spacial score (nSPS) is 10.1. The van der Waals surface area contributed by atoms with Crippen molar-refractivity contribution in [1.82, 2.24) is 0 Å². The first-order valence-corrected chi connectivity index (χ1v) is 7.48. The van der Waals surface area contributed by atoms with Crippen LogP contribution in [0.4, 0.5) is 10.1 Å². The molecule has 0 radical (unpaired) electrons. The average Bonchev–Trinajstić information content (AvgIpc) is 2.56. The number of benzene rings is 2. The van der Waals surface area contributed by atoms with Crippen LogP contribution in [0.25, 0.3) is 0 Å². The maximum atomic E-state index is 12.7. The van der Waals surface area contributed by atoms with Crippen molar-refractivity contribution in [3.05, 3.63) is 58.3 Å². The summed E-state index contributed by atoms with van der Waals surface area (Å²) in [5.74, 6) is -1.43. The molecule has 0 heterocycles. The molecule has 0 fully saturated rings. The quantitative estimate of drug-likeness (QED) is 0.786. The molecule has 0 bridgehead atoms. The van der Waals surface area contributed by atoms with E-state index >= 15 is 0 Å². The van der Waals surface area contributed by atoms with Gasteiger partial charge in [-0.3, -0.25) is 4.79 Å². The van der Waals surface area contributed by atoms with Crippen LogP contribution in [0.1, 0.15) is 0 Å². The monoisotopic (exact) mass is 371 g/mol. The summed E-state index contributed by atoms with van der Waals surface area (Å²) in [7, 11) is 0. The number of carbonyl (C=O) groups excluding carboxylic acids is 2. The molecule has 24 heavy (non-hydrogen) atoms. The van der Waals surface area contributed by atoms with Gasteiger partial charge >= 0.3 is 5.97 Å². The summed E-state index contributed by atoms with van der Waals surface area (Å²) in [4.78, 5) is 23.2. The summed E-state index contributed by atoms with van der Waals surface area (Å²) in [5.41, 5.74) is 0.313. The average molecular weight is 372 g/mol. The number of hydrogen-bond acceptors (Lipinski definition) is 4. The van der Waals surface area contributed by atoms with E-state index in [1.807, 2.05) is 0 Å². The van der Waals surface area contributed by atoms with Crippen molar-refractivity contribution < 1.29 is 23.5 Å². The molecule has 0 atom stereocenters. The van der Waals surface area contributed by atoms with Crippen LogP contribution in [0.5, 0.6) is 5.75 Å². The second-order valence-electron chi connectivity index (χ2n) is 4.58.